The van der Waals surface area contributed by atoms with Crippen LogP contribution in [0.15, 0.2) is 48.8 Å². The quantitative estimate of drug-likeness (QED) is 0.622. The van der Waals surface area contributed by atoms with Gasteiger partial charge in [-0.1, -0.05) is 12.1 Å². The zero-order valence-corrected chi connectivity index (χ0v) is 9.17. The number of fused-ring (bicyclic) bond motifs is 1. The number of nitrogen functional groups attached to an aromatic ring is 2. The molecule has 84 valence electrons. The molecule has 0 spiro atoms. The van der Waals surface area contributed by atoms with E-state index in [2.05, 4.69) is 4.98 Å². The van der Waals surface area contributed by atoms with Gasteiger partial charge >= 0.3 is 0 Å². The number of hydrogen-bond donors (Lipinski definition) is 2. The number of nitrogens with zero attached hydrogens (tertiary/aromatic N) is 2. The van der Waals surface area contributed by atoms with E-state index in [-0.39, 0.29) is 0 Å². The third kappa shape index (κ3) is 1.50. The zero-order valence-electron chi connectivity index (χ0n) is 9.17. The smallest absolute Gasteiger partial charge is 0.100 e. The molecule has 17 heavy (non-hydrogen) atoms. The molecule has 0 saturated heterocycles. The van der Waals surface area contributed by atoms with Crippen LogP contribution in [0.1, 0.15) is 0 Å². The Kier molecular flexibility index (Phi) is 2.01. The Hall–Kier alpha value is -2.49. The van der Waals surface area contributed by atoms with Crippen molar-refractivity contribution in [3.05, 3.63) is 48.8 Å². The van der Waals surface area contributed by atoms with Crippen LogP contribution >= 0.6 is 0 Å². The van der Waals surface area contributed by atoms with E-state index in [9.17, 15) is 0 Å². The van der Waals surface area contributed by atoms with E-state index in [4.69, 9.17) is 11.5 Å². The van der Waals surface area contributed by atoms with E-state index in [0.29, 0.717) is 11.4 Å². The molecule has 4 N–H and O–H groups in total. The molecule has 4 heteroatoms. The molecule has 0 bridgehead atoms. The molecule has 0 aliphatic carbocycles. The Morgan fingerprint density at radius 1 is 0.941 bits per heavy atom. The molecule has 0 amide bonds. The lowest BCUT2D eigenvalue weighted by Crippen LogP contribution is -1.98. The second kappa shape index (κ2) is 3.52. The first-order chi connectivity index (χ1) is 8.25. The highest BCUT2D eigenvalue weighted by molar-refractivity contribution is 5.78. The lowest BCUT2D eigenvalue weighted by Gasteiger charge is -2.06. The lowest BCUT2D eigenvalue weighted by atomic mass is 10.2. The number of imidazole rings is 1. The van der Waals surface area contributed by atoms with E-state index in [1.807, 2.05) is 41.0 Å². The van der Waals surface area contributed by atoms with Crippen LogP contribution < -0.4 is 11.5 Å². The fourth-order valence-corrected chi connectivity index (χ4v) is 1.88. The van der Waals surface area contributed by atoms with Crippen molar-refractivity contribution in [1.29, 1.82) is 0 Å². The standard InChI is InChI=1S/C13H12N4/c14-10-6-5-9(7-11(10)15)17-8-16-12-3-1-2-4-13(12)17/h1-8H,14-15H2. The summed E-state index contributed by atoms with van der Waals surface area (Å²) < 4.78 is 1.99. The predicted octanol–water partition coefficient (Wildman–Crippen LogP) is 2.19. The number of rotatable bonds is 1. The fraction of sp³-hybridized carbons (Fsp3) is 0. The van der Waals surface area contributed by atoms with Gasteiger partial charge in [0.2, 0.25) is 0 Å². The summed E-state index contributed by atoms with van der Waals surface area (Å²) in [4.78, 5) is 4.34. The van der Waals surface area contributed by atoms with Gasteiger partial charge in [-0.2, -0.15) is 0 Å². The highest BCUT2D eigenvalue weighted by atomic mass is 15.0. The normalized spacial score (nSPS) is 10.8. The largest absolute Gasteiger partial charge is 0.397 e. The fourth-order valence-electron chi connectivity index (χ4n) is 1.88. The van der Waals surface area contributed by atoms with E-state index >= 15 is 0 Å². The third-order valence-electron chi connectivity index (χ3n) is 2.80. The lowest BCUT2D eigenvalue weighted by molar-refractivity contribution is 1.09. The SMILES string of the molecule is Nc1ccc(-n2cnc3ccccc32)cc1N. The van der Waals surface area contributed by atoms with Crippen LogP contribution in [0.5, 0.6) is 0 Å². The highest BCUT2D eigenvalue weighted by Gasteiger charge is 2.04. The van der Waals surface area contributed by atoms with Crippen molar-refractivity contribution in [1.82, 2.24) is 9.55 Å². The average Bonchev–Trinajstić information content (AvgIpc) is 2.76. The van der Waals surface area contributed by atoms with E-state index in [1.54, 1.807) is 12.4 Å². The zero-order chi connectivity index (χ0) is 11.8. The minimum absolute atomic E-state index is 0.584. The molecule has 0 fully saturated rings. The molecule has 0 atom stereocenters. The molecule has 0 saturated carbocycles. The Labute approximate surface area is 98.5 Å². The number of para-hydroxylation sites is 2. The highest BCUT2D eigenvalue weighted by Crippen LogP contribution is 2.22. The van der Waals surface area contributed by atoms with Crippen molar-refractivity contribution < 1.29 is 0 Å². The van der Waals surface area contributed by atoms with Gasteiger partial charge in [0.15, 0.2) is 0 Å². The molecule has 1 aromatic heterocycles. The molecule has 3 rings (SSSR count). The van der Waals surface area contributed by atoms with Crippen LogP contribution in [-0.2, 0) is 0 Å². The number of aromatic nitrogens is 2. The maximum Gasteiger partial charge on any atom is 0.100 e. The van der Waals surface area contributed by atoms with Gasteiger partial charge in [-0.05, 0) is 30.3 Å². The summed E-state index contributed by atoms with van der Waals surface area (Å²) in [6, 6.07) is 13.5. The average molecular weight is 224 g/mol. The topological polar surface area (TPSA) is 69.9 Å². The second-order valence-corrected chi connectivity index (χ2v) is 3.92. The first-order valence-electron chi connectivity index (χ1n) is 5.33. The summed E-state index contributed by atoms with van der Waals surface area (Å²) in [6.07, 6.45) is 1.79. The van der Waals surface area contributed by atoms with Crippen molar-refractivity contribution in [2.45, 2.75) is 0 Å². The van der Waals surface area contributed by atoms with E-state index < -0.39 is 0 Å². The number of nitrogens with two attached hydrogens (primary N) is 2. The molecular weight excluding hydrogens is 212 g/mol. The summed E-state index contributed by atoms with van der Waals surface area (Å²) in [7, 11) is 0. The van der Waals surface area contributed by atoms with Crippen molar-refractivity contribution >= 4 is 22.4 Å². The predicted molar refractivity (Wildman–Crippen MR) is 69.9 cm³/mol. The van der Waals surface area contributed by atoms with Crippen LogP contribution in [0, 0.1) is 0 Å². The summed E-state index contributed by atoms with van der Waals surface area (Å²) in [6.45, 7) is 0. The van der Waals surface area contributed by atoms with Crippen molar-refractivity contribution in [3.8, 4) is 5.69 Å². The number of anilines is 2. The molecule has 3 aromatic rings. The minimum atomic E-state index is 0.584. The van der Waals surface area contributed by atoms with Gasteiger partial charge in [0.05, 0.1) is 22.4 Å². The summed E-state index contributed by atoms with van der Waals surface area (Å²) in [5.41, 5.74) is 15.7. The van der Waals surface area contributed by atoms with Gasteiger partial charge in [-0.25, -0.2) is 4.98 Å². The van der Waals surface area contributed by atoms with Crippen molar-refractivity contribution in [2.24, 2.45) is 0 Å². The van der Waals surface area contributed by atoms with Crippen LogP contribution in [0.3, 0.4) is 0 Å². The van der Waals surface area contributed by atoms with Crippen LogP contribution in [0.4, 0.5) is 11.4 Å². The van der Waals surface area contributed by atoms with Gasteiger partial charge < -0.3 is 11.5 Å². The second-order valence-electron chi connectivity index (χ2n) is 3.92. The molecule has 0 unspecified atom stereocenters. The van der Waals surface area contributed by atoms with Crippen LogP contribution in [0.2, 0.25) is 0 Å². The van der Waals surface area contributed by atoms with Crippen molar-refractivity contribution in [3.63, 3.8) is 0 Å². The van der Waals surface area contributed by atoms with E-state index in [0.717, 1.165) is 16.7 Å². The molecule has 0 aliphatic heterocycles. The van der Waals surface area contributed by atoms with Gasteiger partial charge in [-0.15, -0.1) is 0 Å². The Bertz CT molecular complexity index is 685. The summed E-state index contributed by atoms with van der Waals surface area (Å²) in [5, 5.41) is 0. The third-order valence-corrected chi connectivity index (χ3v) is 2.80. The number of benzene rings is 2. The summed E-state index contributed by atoms with van der Waals surface area (Å²) >= 11 is 0. The molecular formula is C13H12N4. The first-order valence-corrected chi connectivity index (χ1v) is 5.33. The minimum Gasteiger partial charge on any atom is -0.397 e. The molecule has 1 heterocycles. The van der Waals surface area contributed by atoms with Crippen molar-refractivity contribution in [2.75, 3.05) is 11.5 Å². The van der Waals surface area contributed by atoms with Crippen LogP contribution in [0.25, 0.3) is 16.7 Å². The molecule has 0 aliphatic rings. The molecule has 0 radical (unpaired) electrons. The summed E-state index contributed by atoms with van der Waals surface area (Å²) in [5.74, 6) is 0. The maximum atomic E-state index is 5.81. The Morgan fingerprint density at radius 2 is 1.76 bits per heavy atom. The Balaban J connectivity index is 2.24. The molecule has 4 nitrogen and oxygen atoms in total. The molecule has 2 aromatic carbocycles. The Morgan fingerprint density at radius 3 is 2.59 bits per heavy atom. The van der Waals surface area contributed by atoms with E-state index in [1.165, 1.54) is 0 Å². The van der Waals surface area contributed by atoms with Crippen LogP contribution in [-0.4, -0.2) is 9.55 Å². The van der Waals surface area contributed by atoms with Gasteiger partial charge in [0.25, 0.3) is 0 Å². The first kappa shape index (κ1) is 9.72. The maximum absolute atomic E-state index is 5.81. The van der Waals surface area contributed by atoms with Gasteiger partial charge in [-0.3, -0.25) is 4.57 Å². The number of hydrogen-bond acceptors (Lipinski definition) is 3. The van der Waals surface area contributed by atoms with Gasteiger partial charge in [0.1, 0.15) is 6.33 Å². The van der Waals surface area contributed by atoms with Gasteiger partial charge in [0, 0.05) is 5.69 Å². The monoisotopic (exact) mass is 224 g/mol.